The average Bonchev–Trinajstić information content (AvgIpc) is 3.44. The van der Waals surface area contributed by atoms with Crippen LogP contribution in [0, 0.1) is 0 Å². The van der Waals surface area contributed by atoms with E-state index in [2.05, 4.69) is 5.32 Å². The highest BCUT2D eigenvalue weighted by atomic mass is 16.5. The van der Waals surface area contributed by atoms with Crippen molar-refractivity contribution in [1.82, 2.24) is 0 Å². The van der Waals surface area contributed by atoms with Crippen molar-refractivity contribution in [2.45, 2.75) is 19.4 Å². The monoisotopic (exact) mass is 404 g/mol. The van der Waals surface area contributed by atoms with Gasteiger partial charge in [-0.25, -0.2) is 4.79 Å². The van der Waals surface area contributed by atoms with Gasteiger partial charge in [-0.1, -0.05) is 18.2 Å². The molecule has 0 radical (unpaired) electrons. The first-order chi connectivity index (χ1) is 14.5. The topological polar surface area (TPSA) is 88.8 Å². The Bertz CT molecular complexity index is 1070. The predicted octanol–water partition coefficient (Wildman–Crippen LogP) is 3.67. The Morgan fingerprint density at radius 3 is 2.53 bits per heavy atom. The highest BCUT2D eigenvalue weighted by Crippen LogP contribution is 2.28. The Labute approximate surface area is 173 Å². The van der Waals surface area contributed by atoms with Gasteiger partial charge in [-0.05, 0) is 61.4 Å². The van der Waals surface area contributed by atoms with Crippen LogP contribution in [0.4, 0.5) is 11.4 Å². The van der Waals surface area contributed by atoms with Crippen LogP contribution in [0.15, 0.2) is 71.3 Å². The molecule has 3 aromatic rings. The molecule has 0 saturated heterocycles. The number of hydrogen-bond donors (Lipinski definition) is 1. The van der Waals surface area contributed by atoms with Gasteiger partial charge in [0.1, 0.15) is 0 Å². The molecule has 7 heteroatoms. The van der Waals surface area contributed by atoms with Crippen molar-refractivity contribution in [3.05, 3.63) is 83.8 Å². The third kappa shape index (κ3) is 3.96. The number of nitrogens with one attached hydrogen (secondary N) is 1. The molecule has 1 N–H and O–H groups in total. The molecule has 1 aliphatic heterocycles. The van der Waals surface area contributed by atoms with Crippen LogP contribution < -0.4 is 10.2 Å². The van der Waals surface area contributed by atoms with Crippen molar-refractivity contribution < 1.29 is 23.5 Å². The molecule has 2 amide bonds. The summed E-state index contributed by atoms with van der Waals surface area (Å²) < 4.78 is 10.4. The fraction of sp³-hybridized carbons (Fsp3) is 0.174. The molecule has 7 nitrogen and oxygen atoms in total. The molecule has 0 spiro atoms. The Morgan fingerprint density at radius 1 is 1.03 bits per heavy atom. The summed E-state index contributed by atoms with van der Waals surface area (Å²) in [5.41, 5.74) is 2.76. The fourth-order valence-corrected chi connectivity index (χ4v) is 3.36. The molecular weight excluding hydrogens is 384 g/mol. The van der Waals surface area contributed by atoms with Gasteiger partial charge in [0.25, 0.3) is 11.8 Å². The molecule has 0 bridgehead atoms. The number of fused-ring (bicyclic) bond motifs is 1. The third-order valence-electron chi connectivity index (χ3n) is 4.91. The smallest absolute Gasteiger partial charge is 0.338 e. The zero-order valence-electron chi connectivity index (χ0n) is 16.3. The Kier molecular flexibility index (Phi) is 5.34. The van der Waals surface area contributed by atoms with Gasteiger partial charge in [0.15, 0.2) is 11.9 Å². The minimum absolute atomic E-state index is 0.189. The van der Waals surface area contributed by atoms with Gasteiger partial charge in [0, 0.05) is 17.9 Å². The first-order valence-electron chi connectivity index (χ1n) is 9.58. The van der Waals surface area contributed by atoms with E-state index in [1.165, 1.54) is 18.4 Å². The Morgan fingerprint density at radius 2 is 1.80 bits per heavy atom. The lowest BCUT2D eigenvalue weighted by molar-refractivity contribution is -0.126. The van der Waals surface area contributed by atoms with E-state index in [1.54, 1.807) is 36.1 Å². The summed E-state index contributed by atoms with van der Waals surface area (Å²) in [6.45, 7) is 2.14. The van der Waals surface area contributed by atoms with Crippen molar-refractivity contribution in [3.8, 4) is 0 Å². The zero-order valence-corrected chi connectivity index (χ0v) is 16.3. The largest absolute Gasteiger partial charge is 0.459 e. The first kappa shape index (κ1) is 19.4. The summed E-state index contributed by atoms with van der Waals surface area (Å²) in [5.74, 6) is -1.06. The van der Waals surface area contributed by atoms with Gasteiger partial charge < -0.3 is 19.4 Å². The van der Waals surface area contributed by atoms with E-state index in [4.69, 9.17) is 9.15 Å². The number of amides is 2. The second kappa shape index (κ2) is 8.24. The van der Waals surface area contributed by atoms with E-state index >= 15 is 0 Å². The summed E-state index contributed by atoms with van der Waals surface area (Å²) >= 11 is 0. The molecule has 0 aliphatic carbocycles. The molecule has 1 aromatic heterocycles. The van der Waals surface area contributed by atoms with Gasteiger partial charge in [-0.15, -0.1) is 0 Å². The molecule has 1 aliphatic rings. The maximum atomic E-state index is 12.8. The van der Waals surface area contributed by atoms with E-state index in [0.717, 1.165) is 17.7 Å². The first-order valence-corrected chi connectivity index (χ1v) is 9.58. The highest BCUT2D eigenvalue weighted by molar-refractivity contribution is 6.03. The summed E-state index contributed by atoms with van der Waals surface area (Å²) in [7, 11) is 0. The van der Waals surface area contributed by atoms with Gasteiger partial charge in [-0.2, -0.15) is 0 Å². The van der Waals surface area contributed by atoms with E-state index in [0.29, 0.717) is 12.2 Å². The highest BCUT2D eigenvalue weighted by Gasteiger charge is 2.29. The van der Waals surface area contributed by atoms with Crippen LogP contribution in [0.3, 0.4) is 0 Å². The van der Waals surface area contributed by atoms with Crippen molar-refractivity contribution in [3.63, 3.8) is 0 Å². The van der Waals surface area contributed by atoms with E-state index in [9.17, 15) is 14.4 Å². The zero-order chi connectivity index (χ0) is 21.1. The lowest BCUT2D eigenvalue weighted by Gasteiger charge is -2.21. The number of furan rings is 1. The maximum Gasteiger partial charge on any atom is 0.338 e. The van der Waals surface area contributed by atoms with Crippen molar-refractivity contribution in [2.75, 3.05) is 16.8 Å². The standard InChI is InChI=1S/C23H20N2O5/c1-15(22(27)25-13-12-16-5-2-3-6-19(16)25)30-23(28)17-8-10-18(11-9-17)24-21(26)20-7-4-14-29-20/h2-11,14-15H,12-13H2,1H3,(H,24,26)/t15-/m1/s1. The molecular formula is C23H20N2O5. The molecule has 2 heterocycles. The summed E-state index contributed by atoms with van der Waals surface area (Å²) in [6.07, 6.45) is 1.28. The van der Waals surface area contributed by atoms with E-state index in [1.807, 2.05) is 24.3 Å². The Balaban J connectivity index is 1.36. The average molecular weight is 404 g/mol. The van der Waals surface area contributed by atoms with Crippen LogP contribution in [0.2, 0.25) is 0 Å². The molecule has 30 heavy (non-hydrogen) atoms. The number of esters is 1. The van der Waals surface area contributed by atoms with Crippen LogP contribution in [0.1, 0.15) is 33.4 Å². The predicted molar refractivity (Wildman–Crippen MR) is 110 cm³/mol. The number of carbonyl (C=O) groups is 3. The van der Waals surface area contributed by atoms with Crippen molar-refractivity contribution in [2.24, 2.45) is 0 Å². The van der Waals surface area contributed by atoms with Crippen LogP contribution in [0.25, 0.3) is 0 Å². The lowest BCUT2D eigenvalue weighted by Crippen LogP contribution is -2.39. The number of anilines is 2. The van der Waals surface area contributed by atoms with Crippen LogP contribution >= 0.6 is 0 Å². The lowest BCUT2D eigenvalue weighted by atomic mass is 10.2. The van der Waals surface area contributed by atoms with E-state index < -0.39 is 12.1 Å². The van der Waals surface area contributed by atoms with Crippen molar-refractivity contribution in [1.29, 1.82) is 0 Å². The minimum atomic E-state index is -0.915. The number of rotatable bonds is 5. The van der Waals surface area contributed by atoms with Crippen LogP contribution in [-0.2, 0) is 16.0 Å². The second-order valence-corrected chi connectivity index (χ2v) is 6.92. The van der Waals surface area contributed by atoms with Gasteiger partial charge in [0.2, 0.25) is 0 Å². The quantitative estimate of drug-likeness (QED) is 0.656. The molecule has 4 rings (SSSR count). The SMILES string of the molecule is C[C@@H](OC(=O)c1ccc(NC(=O)c2ccco2)cc1)C(=O)N1CCc2ccccc21. The van der Waals surface area contributed by atoms with Crippen LogP contribution in [0.5, 0.6) is 0 Å². The minimum Gasteiger partial charge on any atom is -0.459 e. The number of hydrogen-bond acceptors (Lipinski definition) is 5. The second-order valence-electron chi connectivity index (χ2n) is 6.92. The number of para-hydroxylation sites is 1. The van der Waals surface area contributed by atoms with Gasteiger partial charge in [0.05, 0.1) is 11.8 Å². The number of nitrogens with zero attached hydrogens (tertiary/aromatic N) is 1. The number of carbonyl (C=O) groups excluding carboxylic acids is 3. The molecule has 152 valence electrons. The normalized spacial score (nSPS) is 13.4. The van der Waals surface area contributed by atoms with Gasteiger partial charge in [-0.3, -0.25) is 9.59 Å². The fourth-order valence-electron chi connectivity index (χ4n) is 3.36. The molecule has 1 atom stereocenters. The molecule has 0 fully saturated rings. The Hall–Kier alpha value is -3.87. The van der Waals surface area contributed by atoms with E-state index in [-0.39, 0.29) is 23.1 Å². The molecule has 2 aromatic carbocycles. The van der Waals surface area contributed by atoms with Gasteiger partial charge >= 0.3 is 5.97 Å². The number of benzene rings is 2. The van der Waals surface area contributed by atoms with Crippen molar-refractivity contribution >= 4 is 29.2 Å². The third-order valence-corrected chi connectivity index (χ3v) is 4.91. The summed E-state index contributed by atoms with van der Waals surface area (Å²) in [5, 5.41) is 2.67. The summed E-state index contributed by atoms with van der Waals surface area (Å²) in [4.78, 5) is 38.8. The molecule has 0 unspecified atom stereocenters. The maximum absolute atomic E-state index is 12.8. The molecule has 0 saturated carbocycles. The number of ether oxygens (including phenoxy) is 1. The van der Waals surface area contributed by atoms with Crippen LogP contribution in [-0.4, -0.2) is 30.4 Å². The summed E-state index contributed by atoms with van der Waals surface area (Å²) in [6, 6.07) is 17.1.